The molecule has 0 bridgehead atoms. The number of carbonyl (C=O) groups is 1. The molecular formula is C26H52O3. The fraction of sp³-hybridized carbons (Fsp3) is 0.962. The van der Waals surface area contributed by atoms with Crippen molar-refractivity contribution in [1.29, 1.82) is 0 Å². The molecule has 29 heavy (non-hydrogen) atoms. The van der Waals surface area contributed by atoms with E-state index in [1.807, 2.05) is 0 Å². The van der Waals surface area contributed by atoms with Gasteiger partial charge in [-0.25, -0.2) is 0 Å². The molecule has 0 heterocycles. The molecule has 0 saturated carbocycles. The highest BCUT2D eigenvalue weighted by Crippen LogP contribution is 2.14. The van der Waals surface area contributed by atoms with E-state index >= 15 is 0 Å². The standard InChI is InChI=1S/C26H52O3/c1-3-5-7-9-10-11-12-13-14-15-16-17-18-20-22-24-26(28)29-25(27)23-21-19-8-6-4-2/h25,27H,3-24H2,1-2H3. The highest BCUT2D eigenvalue weighted by atomic mass is 16.6. The van der Waals surface area contributed by atoms with E-state index in [9.17, 15) is 9.90 Å². The number of unbranched alkanes of at least 4 members (excludes halogenated alkanes) is 18. The summed E-state index contributed by atoms with van der Waals surface area (Å²) >= 11 is 0. The predicted molar refractivity (Wildman–Crippen MR) is 125 cm³/mol. The maximum atomic E-state index is 11.7. The quantitative estimate of drug-likeness (QED) is 0.104. The SMILES string of the molecule is CCCCCCCCCCCCCCCCCC(=O)OC(O)CCCCCCC. The maximum absolute atomic E-state index is 11.7. The number of carbonyl (C=O) groups excluding carboxylic acids is 1. The van der Waals surface area contributed by atoms with E-state index in [4.69, 9.17) is 4.74 Å². The lowest BCUT2D eigenvalue weighted by atomic mass is 10.0. The third-order valence-electron chi connectivity index (χ3n) is 5.81. The number of aliphatic hydroxyl groups is 1. The summed E-state index contributed by atoms with van der Waals surface area (Å²) < 4.78 is 5.09. The largest absolute Gasteiger partial charge is 0.436 e. The van der Waals surface area contributed by atoms with Crippen LogP contribution in [0.25, 0.3) is 0 Å². The molecule has 0 rings (SSSR count). The topological polar surface area (TPSA) is 46.5 Å². The van der Waals surface area contributed by atoms with Crippen LogP contribution in [-0.2, 0) is 9.53 Å². The van der Waals surface area contributed by atoms with Crippen molar-refractivity contribution in [2.45, 2.75) is 161 Å². The summed E-state index contributed by atoms with van der Waals surface area (Å²) in [6.07, 6.45) is 25.7. The van der Waals surface area contributed by atoms with Crippen LogP contribution in [0, 0.1) is 0 Å². The van der Waals surface area contributed by atoms with Crippen LogP contribution < -0.4 is 0 Å². The first-order valence-electron chi connectivity index (χ1n) is 13.1. The van der Waals surface area contributed by atoms with Crippen molar-refractivity contribution >= 4 is 5.97 Å². The molecule has 1 atom stereocenters. The molecule has 0 aromatic carbocycles. The minimum atomic E-state index is -0.902. The predicted octanol–water partition coefficient (Wildman–Crippen LogP) is 8.47. The summed E-state index contributed by atoms with van der Waals surface area (Å²) in [5.41, 5.74) is 0. The molecule has 0 aliphatic carbocycles. The first kappa shape index (κ1) is 28.4. The lowest BCUT2D eigenvalue weighted by Gasteiger charge is -2.12. The van der Waals surface area contributed by atoms with E-state index in [1.165, 1.54) is 103 Å². The Morgan fingerprint density at radius 3 is 1.34 bits per heavy atom. The summed E-state index contributed by atoms with van der Waals surface area (Å²) in [7, 11) is 0. The van der Waals surface area contributed by atoms with E-state index in [-0.39, 0.29) is 5.97 Å². The molecule has 0 saturated heterocycles. The first-order valence-corrected chi connectivity index (χ1v) is 13.1. The fourth-order valence-electron chi connectivity index (χ4n) is 3.83. The second-order valence-electron chi connectivity index (χ2n) is 8.85. The molecule has 3 heteroatoms. The molecule has 3 nitrogen and oxygen atoms in total. The fourth-order valence-corrected chi connectivity index (χ4v) is 3.83. The van der Waals surface area contributed by atoms with Gasteiger partial charge < -0.3 is 9.84 Å². The zero-order valence-corrected chi connectivity index (χ0v) is 19.9. The van der Waals surface area contributed by atoms with Gasteiger partial charge in [-0.3, -0.25) is 4.79 Å². The zero-order valence-electron chi connectivity index (χ0n) is 19.9. The average Bonchev–Trinajstić information content (AvgIpc) is 2.70. The first-order chi connectivity index (χ1) is 14.2. The Balaban J connectivity index is 3.24. The summed E-state index contributed by atoms with van der Waals surface area (Å²) in [5, 5.41) is 9.76. The van der Waals surface area contributed by atoms with Crippen LogP contribution in [0.3, 0.4) is 0 Å². The summed E-state index contributed by atoms with van der Waals surface area (Å²) in [6, 6.07) is 0. The Morgan fingerprint density at radius 2 is 0.931 bits per heavy atom. The molecular weight excluding hydrogens is 360 g/mol. The van der Waals surface area contributed by atoms with Gasteiger partial charge in [0.05, 0.1) is 0 Å². The van der Waals surface area contributed by atoms with Gasteiger partial charge in [-0.05, 0) is 12.8 Å². The van der Waals surface area contributed by atoms with Gasteiger partial charge in [0.25, 0.3) is 0 Å². The van der Waals surface area contributed by atoms with Gasteiger partial charge in [0.2, 0.25) is 6.29 Å². The van der Waals surface area contributed by atoms with Gasteiger partial charge in [0.15, 0.2) is 0 Å². The Bertz CT molecular complexity index is 330. The highest BCUT2D eigenvalue weighted by molar-refractivity contribution is 5.69. The van der Waals surface area contributed by atoms with Crippen LogP contribution in [0.4, 0.5) is 0 Å². The minimum Gasteiger partial charge on any atom is -0.436 e. The Kier molecular flexibility index (Phi) is 23.2. The van der Waals surface area contributed by atoms with Crippen molar-refractivity contribution in [1.82, 2.24) is 0 Å². The van der Waals surface area contributed by atoms with Gasteiger partial charge >= 0.3 is 5.97 Å². The summed E-state index contributed by atoms with van der Waals surface area (Å²) in [5.74, 6) is -0.235. The zero-order chi connectivity index (χ0) is 21.4. The van der Waals surface area contributed by atoms with Crippen molar-refractivity contribution in [3.8, 4) is 0 Å². The van der Waals surface area contributed by atoms with Crippen LogP contribution in [0.15, 0.2) is 0 Å². The molecule has 0 aromatic heterocycles. The van der Waals surface area contributed by atoms with E-state index in [0.29, 0.717) is 12.8 Å². The van der Waals surface area contributed by atoms with E-state index in [1.54, 1.807) is 0 Å². The van der Waals surface area contributed by atoms with E-state index in [2.05, 4.69) is 13.8 Å². The van der Waals surface area contributed by atoms with Gasteiger partial charge in [-0.15, -0.1) is 0 Å². The molecule has 1 unspecified atom stereocenters. The Morgan fingerprint density at radius 1 is 0.586 bits per heavy atom. The smallest absolute Gasteiger partial charge is 0.308 e. The molecule has 0 fully saturated rings. The molecule has 1 N–H and O–H groups in total. The number of hydrogen-bond acceptors (Lipinski definition) is 3. The van der Waals surface area contributed by atoms with E-state index < -0.39 is 6.29 Å². The van der Waals surface area contributed by atoms with Crippen molar-refractivity contribution in [3.05, 3.63) is 0 Å². The van der Waals surface area contributed by atoms with Crippen molar-refractivity contribution < 1.29 is 14.6 Å². The lowest BCUT2D eigenvalue weighted by molar-refractivity contribution is -0.168. The van der Waals surface area contributed by atoms with Crippen molar-refractivity contribution in [3.63, 3.8) is 0 Å². The Hall–Kier alpha value is -0.570. The molecule has 174 valence electrons. The van der Waals surface area contributed by atoms with Gasteiger partial charge in [-0.1, -0.05) is 129 Å². The third kappa shape index (κ3) is 23.6. The molecule has 0 aliphatic heterocycles. The molecule has 0 spiro atoms. The summed E-state index contributed by atoms with van der Waals surface area (Å²) in [6.45, 7) is 4.46. The number of rotatable bonds is 23. The second-order valence-corrected chi connectivity index (χ2v) is 8.85. The Labute approximate surface area is 182 Å². The maximum Gasteiger partial charge on any atom is 0.308 e. The second kappa shape index (κ2) is 23.7. The molecule has 0 aliphatic rings. The molecule has 0 amide bonds. The third-order valence-corrected chi connectivity index (χ3v) is 5.81. The monoisotopic (exact) mass is 412 g/mol. The minimum absolute atomic E-state index is 0.235. The molecule has 0 aromatic rings. The number of aliphatic hydroxyl groups excluding tert-OH is 1. The van der Waals surface area contributed by atoms with Crippen LogP contribution in [0.1, 0.15) is 155 Å². The normalized spacial score (nSPS) is 12.2. The number of esters is 1. The van der Waals surface area contributed by atoms with Crippen LogP contribution in [0.2, 0.25) is 0 Å². The molecule has 0 radical (unpaired) electrons. The van der Waals surface area contributed by atoms with Crippen molar-refractivity contribution in [2.75, 3.05) is 0 Å². The summed E-state index contributed by atoms with van der Waals surface area (Å²) in [4.78, 5) is 11.7. The van der Waals surface area contributed by atoms with Gasteiger partial charge in [0, 0.05) is 12.8 Å². The number of ether oxygens (including phenoxy) is 1. The van der Waals surface area contributed by atoms with Crippen LogP contribution >= 0.6 is 0 Å². The van der Waals surface area contributed by atoms with Gasteiger partial charge in [0.1, 0.15) is 0 Å². The van der Waals surface area contributed by atoms with Gasteiger partial charge in [-0.2, -0.15) is 0 Å². The highest BCUT2D eigenvalue weighted by Gasteiger charge is 2.10. The lowest BCUT2D eigenvalue weighted by Crippen LogP contribution is -2.17. The number of hydrogen-bond donors (Lipinski definition) is 1. The van der Waals surface area contributed by atoms with Crippen LogP contribution in [-0.4, -0.2) is 17.4 Å². The average molecular weight is 413 g/mol. The van der Waals surface area contributed by atoms with Crippen molar-refractivity contribution in [2.24, 2.45) is 0 Å². The van der Waals surface area contributed by atoms with Crippen LogP contribution in [0.5, 0.6) is 0 Å². The van der Waals surface area contributed by atoms with E-state index in [0.717, 1.165) is 25.7 Å².